The monoisotopic (exact) mass is 513 g/mol. The molecular weight excluding hydrogens is 489 g/mol. The summed E-state index contributed by atoms with van der Waals surface area (Å²) in [5.74, 6) is -2.75. The summed E-state index contributed by atoms with van der Waals surface area (Å²) in [6.07, 6.45) is 1.24. The number of carbonyl (C=O) groups is 3. The number of halogens is 1. The Balaban J connectivity index is 1.54. The third-order valence-electron chi connectivity index (χ3n) is 5.94. The van der Waals surface area contributed by atoms with Crippen LogP contribution in [0.25, 0.3) is 0 Å². The van der Waals surface area contributed by atoms with E-state index in [1.807, 2.05) is 19.1 Å². The second-order valence-electron chi connectivity index (χ2n) is 8.26. The molecule has 4 rings (SSSR count). The van der Waals surface area contributed by atoms with E-state index in [4.69, 9.17) is 4.42 Å². The zero-order valence-electron chi connectivity index (χ0n) is 19.4. The summed E-state index contributed by atoms with van der Waals surface area (Å²) >= 11 is 0. The molecule has 1 atom stereocenters. The van der Waals surface area contributed by atoms with Crippen molar-refractivity contribution in [3.63, 3.8) is 0 Å². The fourth-order valence-electron chi connectivity index (χ4n) is 3.91. The van der Waals surface area contributed by atoms with Crippen LogP contribution in [0.1, 0.15) is 26.5 Å². The van der Waals surface area contributed by atoms with Crippen LogP contribution in [0.15, 0.2) is 76.2 Å². The van der Waals surface area contributed by atoms with Crippen molar-refractivity contribution in [3.8, 4) is 0 Å². The molecule has 1 saturated heterocycles. The van der Waals surface area contributed by atoms with Crippen LogP contribution in [-0.2, 0) is 14.6 Å². The number of hydrogen-bond acceptors (Lipinski definition) is 6. The van der Waals surface area contributed by atoms with Gasteiger partial charge in [0.1, 0.15) is 5.82 Å². The molecule has 0 spiro atoms. The highest BCUT2D eigenvalue weighted by atomic mass is 32.2. The number of benzene rings is 2. The molecule has 1 N–H and O–H groups in total. The average molecular weight is 514 g/mol. The highest BCUT2D eigenvalue weighted by Crippen LogP contribution is 2.20. The lowest BCUT2D eigenvalue weighted by molar-refractivity contribution is -0.132. The third-order valence-corrected chi connectivity index (χ3v) is 7.81. The molecule has 0 bridgehead atoms. The Kier molecular flexibility index (Phi) is 7.20. The Bertz CT molecular complexity index is 1370. The minimum absolute atomic E-state index is 0.0719. The molecule has 1 aromatic heterocycles. The number of aryl methyl sites for hydroxylation is 1. The second-order valence-corrected chi connectivity index (χ2v) is 10.3. The second kappa shape index (κ2) is 10.3. The van der Waals surface area contributed by atoms with Gasteiger partial charge in [0.2, 0.25) is 15.2 Å². The first-order valence-corrected chi connectivity index (χ1v) is 12.7. The number of rotatable bonds is 6. The smallest absolute Gasteiger partial charge is 0.288 e. The Morgan fingerprint density at radius 3 is 2.17 bits per heavy atom. The normalized spacial score (nSPS) is 14.8. The zero-order chi connectivity index (χ0) is 25.9. The number of piperazine rings is 1. The molecule has 0 radical (unpaired) electrons. The number of nitrogens with one attached hydrogen (secondary N) is 1. The predicted molar refractivity (Wildman–Crippen MR) is 127 cm³/mol. The molecule has 188 valence electrons. The van der Waals surface area contributed by atoms with Gasteiger partial charge in [-0.1, -0.05) is 18.2 Å². The third kappa shape index (κ3) is 5.15. The summed E-state index contributed by atoms with van der Waals surface area (Å²) in [7, 11) is -4.44. The van der Waals surface area contributed by atoms with E-state index in [-0.39, 0.29) is 42.7 Å². The summed E-state index contributed by atoms with van der Waals surface area (Å²) in [5, 5.41) is 0.278. The first-order valence-electron chi connectivity index (χ1n) is 11.2. The van der Waals surface area contributed by atoms with Crippen molar-refractivity contribution in [2.45, 2.75) is 17.2 Å². The van der Waals surface area contributed by atoms with Crippen molar-refractivity contribution in [2.24, 2.45) is 0 Å². The fourth-order valence-corrected chi connectivity index (χ4v) is 5.37. The lowest BCUT2D eigenvalue weighted by Crippen LogP contribution is -2.57. The van der Waals surface area contributed by atoms with Gasteiger partial charge in [-0.25, -0.2) is 12.8 Å². The molecule has 3 amide bonds. The molecular formula is C25H24FN3O6S. The molecule has 0 unspecified atom stereocenters. The minimum atomic E-state index is -4.44. The van der Waals surface area contributed by atoms with Crippen LogP contribution < -0.4 is 5.32 Å². The van der Waals surface area contributed by atoms with Gasteiger partial charge in [-0.05, 0) is 55.0 Å². The molecule has 0 saturated carbocycles. The average Bonchev–Trinajstić information content (AvgIpc) is 3.42. The molecule has 11 heteroatoms. The zero-order valence-corrected chi connectivity index (χ0v) is 20.2. The summed E-state index contributed by atoms with van der Waals surface area (Å²) in [5.41, 5.74) is 1.38. The quantitative estimate of drug-likeness (QED) is 0.506. The summed E-state index contributed by atoms with van der Waals surface area (Å²) in [6, 6.07) is 13.9. The van der Waals surface area contributed by atoms with Crippen molar-refractivity contribution in [3.05, 3.63) is 89.6 Å². The van der Waals surface area contributed by atoms with E-state index in [1.54, 1.807) is 17.0 Å². The lowest BCUT2D eigenvalue weighted by atomic mass is 10.1. The lowest BCUT2D eigenvalue weighted by Gasteiger charge is -2.36. The topological polar surface area (TPSA) is 117 Å². The van der Waals surface area contributed by atoms with E-state index in [0.717, 1.165) is 29.8 Å². The van der Waals surface area contributed by atoms with Crippen LogP contribution in [0.4, 0.5) is 4.39 Å². The Morgan fingerprint density at radius 2 is 1.56 bits per heavy atom. The Morgan fingerprint density at radius 1 is 0.917 bits per heavy atom. The maximum absolute atomic E-state index is 13.4. The van der Waals surface area contributed by atoms with E-state index >= 15 is 0 Å². The van der Waals surface area contributed by atoms with Gasteiger partial charge in [0.25, 0.3) is 17.7 Å². The van der Waals surface area contributed by atoms with Crippen LogP contribution in [0.3, 0.4) is 0 Å². The van der Waals surface area contributed by atoms with Crippen molar-refractivity contribution < 1.29 is 31.6 Å². The van der Waals surface area contributed by atoms with Crippen LogP contribution >= 0.6 is 0 Å². The molecule has 36 heavy (non-hydrogen) atoms. The Labute approximate surface area is 207 Å². The van der Waals surface area contributed by atoms with Crippen molar-refractivity contribution in [1.29, 1.82) is 0 Å². The molecule has 3 aromatic rings. The van der Waals surface area contributed by atoms with Gasteiger partial charge in [0.05, 0.1) is 11.2 Å². The Hall–Kier alpha value is -3.99. The summed E-state index contributed by atoms with van der Waals surface area (Å²) < 4.78 is 45.1. The van der Waals surface area contributed by atoms with Gasteiger partial charge in [0.15, 0.2) is 5.76 Å². The predicted octanol–water partition coefficient (Wildman–Crippen LogP) is 2.24. The first-order chi connectivity index (χ1) is 17.2. The number of carbonyl (C=O) groups excluding carboxylic acids is 3. The van der Waals surface area contributed by atoms with Gasteiger partial charge in [-0.15, -0.1) is 0 Å². The molecule has 1 aliphatic heterocycles. The maximum atomic E-state index is 13.4. The van der Waals surface area contributed by atoms with Crippen molar-refractivity contribution in [2.75, 3.05) is 26.2 Å². The van der Waals surface area contributed by atoms with E-state index in [1.165, 1.54) is 23.3 Å². The highest BCUT2D eigenvalue weighted by Gasteiger charge is 2.40. The number of furan rings is 1. The standard InChI is InChI=1S/C25H24FN3O6S/c1-17-5-2-3-6-20(17)24(31)28-12-14-29(15-13-28)25(32)23(27-22(30)21-7-4-16-35-21)36(33,34)19-10-8-18(26)9-11-19/h2-11,16,23H,12-15H2,1H3,(H,27,30)/t23-/m1/s1. The van der Waals surface area contributed by atoms with Crippen LogP contribution in [0.2, 0.25) is 0 Å². The van der Waals surface area contributed by atoms with Gasteiger partial charge in [-0.2, -0.15) is 0 Å². The number of sulfone groups is 1. The molecule has 0 aliphatic carbocycles. The summed E-state index contributed by atoms with van der Waals surface area (Å²) in [6.45, 7) is 2.35. The SMILES string of the molecule is Cc1ccccc1C(=O)N1CCN(C(=O)[C@H](NC(=O)c2ccco2)S(=O)(=O)c2ccc(F)cc2)CC1. The van der Waals surface area contributed by atoms with Gasteiger partial charge >= 0.3 is 0 Å². The van der Waals surface area contributed by atoms with E-state index < -0.39 is 32.8 Å². The molecule has 2 heterocycles. The van der Waals surface area contributed by atoms with Gasteiger partial charge < -0.3 is 19.5 Å². The number of hydrogen-bond donors (Lipinski definition) is 1. The summed E-state index contributed by atoms with van der Waals surface area (Å²) in [4.78, 5) is 41.5. The maximum Gasteiger partial charge on any atom is 0.288 e. The van der Waals surface area contributed by atoms with Gasteiger partial charge in [0, 0.05) is 31.7 Å². The minimum Gasteiger partial charge on any atom is -0.459 e. The number of amides is 3. The fraction of sp³-hybridized carbons (Fsp3) is 0.240. The molecule has 1 aliphatic rings. The van der Waals surface area contributed by atoms with Crippen LogP contribution in [0.5, 0.6) is 0 Å². The first kappa shape index (κ1) is 25.1. The van der Waals surface area contributed by atoms with E-state index in [2.05, 4.69) is 5.32 Å². The molecule has 9 nitrogen and oxygen atoms in total. The van der Waals surface area contributed by atoms with E-state index in [0.29, 0.717) is 5.56 Å². The van der Waals surface area contributed by atoms with Crippen LogP contribution in [-0.4, -0.2) is 67.5 Å². The van der Waals surface area contributed by atoms with Crippen LogP contribution in [0, 0.1) is 12.7 Å². The van der Waals surface area contributed by atoms with Gasteiger partial charge in [-0.3, -0.25) is 14.4 Å². The largest absolute Gasteiger partial charge is 0.459 e. The molecule has 2 aromatic carbocycles. The van der Waals surface area contributed by atoms with E-state index in [9.17, 15) is 27.2 Å². The molecule has 1 fully saturated rings. The van der Waals surface area contributed by atoms with Crippen molar-refractivity contribution >= 4 is 27.6 Å². The highest BCUT2D eigenvalue weighted by molar-refractivity contribution is 7.92. The van der Waals surface area contributed by atoms with Crippen molar-refractivity contribution in [1.82, 2.24) is 15.1 Å². The number of nitrogens with zero attached hydrogens (tertiary/aromatic N) is 2.